The molecule has 134 valence electrons. The molecule has 1 aliphatic heterocycles. The van der Waals surface area contributed by atoms with E-state index in [9.17, 15) is 26.4 Å². The first-order valence-electron chi connectivity index (χ1n) is 7.26. The van der Waals surface area contributed by atoms with Gasteiger partial charge in [0.2, 0.25) is 0 Å². The molecule has 0 aromatic rings. The van der Waals surface area contributed by atoms with Gasteiger partial charge in [-0.3, -0.25) is 4.18 Å². The lowest BCUT2D eigenvalue weighted by molar-refractivity contribution is -0.0574. The minimum absolute atomic E-state index is 0.0732. The first-order chi connectivity index (χ1) is 10.3. The summed E-state index contributed by atoms with van der Waals surface area (Å²) in [5.74, 6) is -0.146. The van der Waals surface area contributed by atoms with Gasteiger partial charge < -0.3 is 9.64 Å². The van der Waals surface area contributed by atoms with Crippen LogP contribution in [0.15, 0.2) is 0 Å². The summed E-state index contributed by atoms with van der Waals surface area (Å²) in [6.45, 7) is 5.91. The standard InChI is InChI=1S/C13H20F3NO5S/c1-12(2,3)21-11(18)17-6-8-4-10(5-9(8)7-17)22-23(19,20)13(14,15)16/h8-10H,4-7H2,1-3H3. The van der Waals surface area contributed by atoms with Crippen LogP contribution in [0.2, 0.25) is 0 Å². The predicted octanol–water partition coefficient (Wildman–Crippen LogP) is 2.50. The smallest absolute Gasteiger partial charge is 0.444 e. The topological polar surface area (TPSA) is 72.9 Å². The highest BCUT2D eigenvalue weighted by Crippen LogP contribution is 2.41. The maximum Gasteiger partial charge on any atom is 0.523 e. The van der Waals surface area contributed by atoms with E-state index in [4.69, 9.17) is 4.74 Å². The Morgan fingerprint density at radius 3 is 1.96 bits per heavy atom. The molecular weight excluding hydrogens is 339 g/mol. The van der Waals surface area contributed by atoms with Gasteiger partial charge in [-0.2, -0.15) is 21.6 Å². The summed E-state index contributed by atoms with van der Waals surface area (Å²) in [5.41, 5.74) is -6.03. The molecule has 1 saturated heterocycles. The van der Waals surface area contributed by atoms with Crippen molar-refractivity contribution >= 4 is 16.2 Å². The number of halogens is 3. The van der Waals surface area contributed by atoms with Crippen molar-refractivity contribution in [2.45, 2.75) is 50.8 Å². The highest BCUT2D eigenvalue weighted by Gasteiger charge is 2.51. The number of amides is 1. The van der Waals surface area contributed by atoms with Crippen LogP contribution >= 0.6 is 0 Å². The Morgan fingerprint density at radius 1 is 1.09 bits per heavy atom. The van der Waals surface area contributed by atoms with Crippen LogP contribution in [0.1, 0.15) is 33.6 Å². The van der Waals surface area contributed by atoms with Gasteiger partial charge in [-0.25, -0.2) is 4.79 Å². The van der Waals surface area contributed by atoms with Crippen LogP contribution in [0.25, 0.3) is 0 Å². The van der Waals surface area contributed by atoms with Crippen molar-refractivity contribution < 1.29 is 35.3 Å². The molecule has 0 aromatic heterocycles. The maximum absolute atomic E-state index is 12.3. The van der Waals surface area contributed by atoms with Gasteiger partial charge in [0, 0.05) is 13.1 Å². The number of alkyl halides is 3. The molecule has 1 aliphatic carbocycles. The fourth-order valence-electron chi connectivity index (χ4n) is 3.03. The third-order valence-electron chi connectivity index (χ3n) is 3.91. The van der Waals surface area contributed by atoms with Crippen LogP contribution in [0.4, 0.5) is 18.0 Å². The first kappa shape index (κ1) is 18.3. The Morgan fingerprint density at radius 2 is 1.57 bits per heavy atom. The normalized spacial score (nSPS) is 28.8. The summed E-state index contributed by atoms with van der Waals surface area (Å²) in [7, 11) is -5.57. The molecule has 2 atom stereocenters. The third kappa shape index (κ3) is 4.28. The van der Waals surface area contributed by atoms with Crippen LogP contribution < -0.4 is 0 Å². The predicted molar refractivity (Wildman–Crippen MR) is 73.9 cm³/mol. The number of likely N-dealkylation sites (tertiary alicyclic amines) is 1. The van der Waals surface area contributed by atoms with Gasteiger partial charge in [-0.05, 0) is 45.4 Å². The average Bonchev–Trinajstić information content (AvgIpc) is 2.81. The van der Waals surface area contributed by atoms with E-state index in [0.29, 0.717) is 13.1 Å². The lowest BCUT2D eigenvalue weighted by Gasteiger charge is -2.25. The molecule has 2 unspecified atom stereocenters. The number of ether oxygens (including phenoxy) is 1. The number of carbonyl (C=O) groups excluding carboxylic acids is 1. The number of carbonyl (C=O) groups is 1. The van der Waals surface area contributed by atoms with Gasteiger partial charge in [0.15, 0.2) is 0 Å². The molecule has 2 fully saturated rings. The fraction of sp³-hybridized carbons (Fsp3) is 0.923. The molecule has 1 saturated carbocycles. The molecule has 0 N–H and O–H groups in total. The fourth-order valence-corrected chi connectivity index (χ4v) is 3.66. The van der Waals surface area contributed by atoms with Crippen LogP contribution in [-0.4, -0.2) is 49.7 Å². The number of fused-ring (bicyclic) bond motifs is 1. The molecule has 0 spiro atoms. The molecule has 6 nitrogen and oxygen atoms in total. The highest BCUT2D eigenvalue weighted by atomic mass is 32.2. The summed E-state index contributed by atoms with van der Waals surface area (Å²) < 4.78 is 68.5. The molecule has 1 heterocycles. The van der Waals surface area contributed by atoms with Gasteiger partial charge in [0.1, 0.15) is 5.60 Å². The second-order valence-corrected chi connectivity index (χ2v) is 8.56. The summed E-state index contributed by atoms with van der Waals surface area (Å²) >= 11 is 0. The van der Waals surface area contributed by atoms with E-state index >= 15 is 0 Å². The minimum atomic E-state index is -5.57. The highest BCUT2D eigenvalue weighted by molar-refractivity contribution is 7.87. The first-order valence-corrected chi connectivity index (χ1v) is 8.67. The minimum Gasteiger partial charge on any atom is -0.444 e. The summed E-state index contributed by atoms with van der Waals surface area (Å²) in [5, 5.41) is 0. The van der Waals surface area contributed by atoms with E-state index in [2.05, 4.69) is 4.18 Å². The zero-order valence-electron chi connectivity index (χ0n) is 13.1. The van der Waals surface area contributed by atoms with Crippen molar-refractivity contribution in [1.82, 2.24) is 4.90 Å². The Bertz CT molecular complexity index is 555. The summed E-state index contributed by atoms with van der Waals surface area (Å²) in [6, 6.07) is 0. The quantitative estimate of drug-likeness (QED) is 0.559. The monoisotopic (exact) mass is 359 g/mol. The maximum atomic E-state index is 12.3. The zero-order chi connectivity index (χ0) is 17.6. The number of nitrogens with zero attached hydrogens (tertiary/aromatic N) is 1. The Balaban J connectivity index is 1.90. The van der Waals surface area contributed by atoms with Crippen molar-refractivity contribution in [3.8, 4) is 0 Å². The van der Waals surface area contributed by atoms with Crippen LogP contribution in [0.5, 0.6) is 0 Å². The lowest BCUT2D eigenvalue weighted by Crippen LogP contribution is -2.36. The van der Waals surface area contributed by atoms with Crippen molar-refractivity contribution in [2.75, 3.05) is 13.1 Å². The molecule has 0 bridgehead atoms. The van der Waals surface area contributed by atoms with Gasteiger partial charge in [-0.1, -0.05) is 0 Å². The molecular formula is C13H20F3NO5S. The second kappa shape index (κ2) is 5.80. The van der Waals surface area contributed by atoms with Gasteiger partial charge in [-0.15, -0.1) is 0 Å². The Hall–Kier alpha value is -1.03. The zero-order valence-corrected chi connectivity index (χ0v) is 13.9. The van der Waals surface area contributed by atoms with Gasteiger partial charge in [0.05, 0.1) is 6.10 Å². The largest absolute Gasteiger partial charge is 0.523 e. The van der Waals surface area contributed by atoms with E-state index in [1.54, 1.807) is 20.8 Å². The Labute approximate surface area is 133 Å². The van der Waals surface area contributed by atoms with Crippen LogP contribution in [0.3, 0.4) is 0 Å². The molecule has 2 aliphatic rings. The van der Waals surface area contributed by atoms with E-state index < -0.39 is 33.4 Å². The van der Waals surface area contributed by atoms with Crippen molar-refractivity contribution in [3.63, 3.8) is 0 Å². The SMILES string of the molecule is CC(C)(C)OC(=O)N1CC2CC(OS(=O)(=O)C(F)(F)F)CC2C1. The van der Waals surface area contributed by atoms with E-state index in [-0.39, 0.29) is 24.7 Å². The third-order valence-corrected chi connectivity index (χ3v) is 5.00. The molecule has 0 aromatic carbocycles. The van der Waals surface area contributed by atoms with E-state index in [0.717, 1.165) is 0 Å². The van der Waals surface area contributed by atoms with Crippen LogP contribution in [0, 0.1) is 11.8 Å². The van der Waals surface area contributed by atoms with Crippen molar-refractivity contribution in [2.24, 2.45) is 11.8 Å². The average molecular weight is 359 g/mol. The lowest BCUT2D eigenvalue weighted by atomic mass is 10.0. The van der Waals surface area contributed by atoms with Crippen LogP contribution in [-0.2, 0) is 19.0 Å². The summed E-state index contributed by atoms with van der Waals surface area (Å²) in [6.07, 6.45) is -1.09. The summed E-state index contributed by atoms with van der Waals surface area (Å²) in [4.78, 5) is 13.5. The van der Waals surface area contributed by atoms with Gasteiger partial charge >= 0.3 is 21.7 Å². The molecule has 1 amide bonds. The molecule has 0 radical (unpaired) electrons. The molecule has 2 rings (SSSR count). The van der Waals surface area contributed by atoms with E-state index in [1.807, 2.05) is 0 Å². The van der Waals surface area contributed by atoms with E-state index in [1.165, 1.54) is 4.90 Å². The number of rotatable bonds is 2. The second-order valence-electron chi connectivity index (χ2n) is 6.99. The molecule has 10 heteroatoms. The number of hydrogen-bond acceptors (Lipinski definition) is 5. The Kier molecular flexibility index (Phi) is 4.62. The van der Waals surface area contributed by atoms with Crippen molar-refractivity contribution in [3.05, 3.63) is 0 Å². The molecule has 23 heavy (non-hydrogen) atoms. The van der Waals surface area contributed by atoms with Crippen molar-refractivity contribution in [1.29, 1.82) is 0 Å². The van der Waals surface area contributed by atoms with Gasteiger partial charge in [0.25, 0.3) is 0 Å². The number of hydrogen-bond donors (Lipinski definition) is 0.